The van der Waals surface area contributed by atoms with Crippen molar-refractivity contribution in [2.75, 3.05) is 7.05 Å². The highest BCUT2D eigenvalue weighted by atomic mass is 19.3. The third kappa shape index (κ3) is 2.99. The van der Waals surface area contributed by atoms with Gasteiger partial charge in [-0.05, 0) is 45.7 Å². The lowest BCUT2D eigenvalue weighted by molar-refractivity contribution is -0.123. The Morgan fingerprint density at radius 1 is 1.41 bits per heavy atom. The monoisotopic (exact) mass is 312 g/mol. The minimum atomic E-state index is -2.62. The van der Waals surface area contributed by atoms with E-state index >= 15 is 0 Å². The average molecular weight is 312 g/mol. The zero-order valence-corrected chi connectivity index (χ0v) is 12.9. The van der Waals surface area contributed by atoms with Crippen LogP contribution in [0.15, 0.2) is 6.07 Å². The van der Waals surface area contributed by atoms with E-state index in [0.717, 1.165) is 17.5 Å². The lowest BCUT2D eigenvalue weighted by atomic mass is 9.98. The standard InChI is InChI=1S/C15H22F2N4O/c1-9-5-13(15(16)17)21(19-9)8-14(22)18-10-6-11-3-4-12(7-10)20(11)2/h5,10-12,15H,3-4,6-8H2,1-2H3,(H,18,22). The second kappa shape index (κ2) is 5.95. The largest absolute Gasteiger partial charge is 0.352 e. The number of rotatable bonds is 4. The Labute approximate surface area is 128 Å². The van der Waals surface area contributed by atoms with E-state index in [4.69, 9.17) is 0 Å². The third-order valence-corrected chi connectivity index (χ3v) is 4.91. The average Bonchev–Trinajstić information content (AvgIpc) is 2.87. The fourth-order valence-corrected chi connectivity index (χ4v) is 3.81. The van der Waals surface area contributed by atoms with E-state index in [0.29, 0.717) is 17.8 Å². The van der Waals surface area contributed by atoms with Gasteiger partial charge in [-0.25, -0.2) is 8.78 Å². The fourth-order valence-electron chi connectivity index (χ4n) is 3.81. The Morgan fingerprint density at radius 2 is 2.05 bits per heavy atom. The van der Waals surface area contributed by atoms with Crippen LogP contribution in [0.2, 0.25) is 0 Å². The summed E-state index contributed by atoms with van der Waals surface area (Å²) in [6.07, 6.45) is 1.63. The minimum Gasteiger partial charge on any atom is -0.352 e. The maximum Gasteiger partial charge on any atom is 0.280 e. The smallest absolute Gasteiger partial charge is 0.280 e. The summed E-state index contributed by atoms with van der Waals surface area (Å²) >= 11 is 0. The van der Waals surface area contributed by atoms with Crippen LogP contribution in [-0.2, 0) is 11.3 Å². The Balaban J connectivity index is 1.59. The first-order valence-electron chi connectivity index (χ1n) is 7.78. The van der Waals surface area contributed by atoms with E-state index in [1.807, 2.05) is 0 Å². The summed E-state index contributed by atoms with van der Waals surface area (Å²) in [6.45, 7) is 1.50. The quantitative estimate of drug-likeness (QED) is 0.923. The molecule has 0 saturated carbocycles. The number of hydrogen-bond donors (Lipinski definition) is 1. The Kier molecular flexibility index (Phi) is 4.16. The zero-order chi connectivity index (χ0) is 15.9. The van der Waals surface area contributed by atoms with Gasteiger partial charge in [0.1, 0.15) is 12.2 Å². The number of carbonyl (C=O) groups is 1. The van der Waals surface area contributed by atoms with Crippen LogP contribution in [-0.4, -0.2) is 45.8 Å². The lowest BCUT2D eigenvalue weighted by Crippen LogP contribution is -2.49. The number of hydrogen-bond acceptors (Lipinski definition) is 3. The fraction of sp³-hybridized carbons (Fsp3) is 0.733. The maximum absolute atomic E-state index is 12.9. The zero-order valence-electron chi connectivity index (χ0n) is 12.9. The van der Waals surface area contributed by atoms with Gasteiger partial charge in [-0.3, -0.25) is 9.48 Å². The molecule has 2 fully saturated rings. The van der Waals surface area contributed by atoms with Crippen LogP contribution in [0.5, 0.6) is 0 Å². The van der Waals surface area contributed by atoms with Crippen molar-refractivity contribution in [3.8, 4) is 0 Å². The highest BCUT2D eigenvalue weighted by Crippen LogP contribution is 2.34. The van der Waals surface area contributed by atoms with Crippen molar-refractivity contribution in [1.29, 1.82) is 0 Å². The molecular formula is C15H22F2N4O. The van der Waals surface area contributed by atoms with Gasteiger partial charge in [0.25, 0.3) is 6.43 Å². The number of aromatic nitrogens is 2. The molecule has 2 unspecified atom stereocenters. The number of halogens is 2. The topological polar surface area (TPSA) is 50.2 Å². The Bertz CT molecular complexity index is 546. The first-order chi connectivity index (χ1) is 10.4. The van der Waals surface area contributed by atoms with Gasteiger partial charge < -0.3 is 10.2 Å². The van der Waals surface area contributed by atoms with Crippen molar-refractivity contribution >= 4 is 5.91 Å². The maximum atomic E-state index is 12.9. The molecular weight excluding hydrogens is 290 g/mol. The number of nitrogens with zero attached hydrogens (tertiary/aromatic N) is 3. The molecule has 2 saturated heterocycles. The summed E-state index contributed by atoms with van der Waals surface area (Å²) in [6, 6.07) is 2.54. The van der Waals surface area contributed by atoms with Crippen LogP contribution in [0.25, 0.3) is 0 Å². The number of piperidine rings is 1. The molecule has 1 N–H and O–H groups in total. The van der Waals surface area contributed by atoms with E-state index in [1.54, 1.807) is 6.92 Å². The van der Waals surface area contributed by atoms with Gasteiger partial charge >= 0.3 is 0 Å². The number of amides is 1. The van der Waals surface area contributed by atoms with Crippen LogP contribution in [0.1, 0.15) is 43.5 Å². The number of aryl methyl sites for hydroxylation is 1. The van der Waals surface area contributed by atoms with Gasteiger partial charge in [0, 0.05) is 18.1 Å². The van der Waals surface area contributed by atoms with Crippen molar-refractivity contribution in [2.45, 2.75) is 63.7 Å². The molecule has 1 aromatic rings. The summed E-state index contributed by atoms with van der Waals surface area (Å²) in [4.78, 5) is 14.5. The molecule has 0 radical (unpaired) electrons. The summed E-state index contributed by atoms with van der Waals surface area (Å²) in [5.41, 5.74) is 0.302. The molecule has 1 amide bonds. The van der Waals surface area contributed by atoms with Gasteiger partial charge in [0.15, 0.2) is 0 Å². The predicted molar refractivity (Wildman–Crippen MR) is 77.7 cm³/mol. The molecule has 0 aliphatic carbocycles. The summed E-state index contributed by atoms with van der Waals surface area (Å²) in [5, 5.41) is 6.98. The summed E-state index contributed by atoms with van der Waals surface area (Å²) in [5.74, 6) is -0.237. The Hall–Kier alpha value is -1.50. The molecule has 5 nitrogen and oxygen atoms in total. The molecule has 22 heavy (non-hydrogen) atoms. The predicted octanol–water partition coefficient (Wildman–Crippen LogP) is 1.87. The summed E-state index contributed by atoms with van der Waals surface area (Å²) < 4.78 is 26.9. The normalized spacial score (nSPS) is 28.3. The number of fused-ring (bicyclic) bond motifs is 2. The minimum absolute atomic E-state index is 0.144. The van der Waals surface area contributed by atoms with Crippen molar-refractivity contribution in [3.63, 3.8) is 0 Å². The van der Waals surface area contributed by atoms with E-state index in [-0.39, 0.29) is 24.2 Å². The molecule has 0 spiro atoms. The van der Waals surface area contributed by atoms with E-state index in [1.165, 1.54) is 18.9 Å². The number of nitrogens with one attached hydrogen (secondary N) is 1. The van der Waals surface area contributed by atoms with Gasteiger partial charge in [-0.2, -0.15) is 5.10 Å². The summed E-state index contributed by atoms with van der Waals surface area (Å²) in [7, 11) is 2.14. The van der Waals surface area contributed by atoms with Crippen LogP contribution in [0, 0.1) is 6.92 Å². The molecule has 2 atom stereocenters. The molecule has 7 heteroatoms. The van der Waals surface area contributed by atoms with Gasteiger partial charge in [-0.15, -0.1) is 0 Å². The first kappa shape index (κ1) is 15.4. The molecule has 2 aliphatic rings. The van der Waals surface area contributed by atoms with E-state index in [2.05, 4.69) is 22.4 Å². The van der Waals surface area contributed by atoms with Crippen LogP contribution < -0.4 is 5.32 Å². The van der Waals surface area contributed by atoms with Crippen LogP contribution in [0.4, 0.5) is 8.78 Å². The molecule has 2 aliphatic heterocycles. The molecule has 3 rings (SSSR count). The van der Waals surface area contributed by atoms with E-state index in [9.17, 15) is 13.6 Å². The van der Waals surface area contributed by atoms with Crippen molar-refractivity contribution in [2.24, 2.45) is 0 Å². The third-order valence-electron chi connectivity index (χ3n) is 4.91. The number of carbonyl (C=O) groups excluding carboxylic acids is 1. The van der Waals surface area contributed by atoms with Crippen LogP contribution in [0.3, 0.4) is 0 Å². The molecule has 1 aromatic heterocycles. The highest BCUT2D eigenvalue weighted by molar-refractivity contribution is 5.76. The van der Waals surface area contributed by atoms with Gasteiger partial charge in [-0.1, -0.05) is 0 Å². The first-order valence-corrected chi connectivity index (χ1v) is 7.78. The molecule has 122 valence electrons. The van der Waals surface area contributed by atoms with Crippen molar-refractivity contribution in [3.05, 3.63) is 17.5 Å². The second-order valence-corrected chi connectivity index (χ2v) is 6.46. The molecule has 3 heterocycles. The second-order valence-electron chi connectivity index (χ2n) is 6.46. The molecule has 2 bridgehead atoms. The SMILES string of the molecule is Cc1cc(C(F)F)n(CC(=O)NC2CC3CCC(C2)N3C)n1. The molecule has 0 aromatic carbocycles. The van der Waals surface area contributed by atoms with Crippen molar-refractivity contribution in [1.82, 2.24) is 20.0 Å². The number of alkyl halides is 2. The highest BCUT2D eigenvalue weighted by Gasteiger charge is 2.38. The van der Waals surface area contributed by atoms with Gasteiger partial charge in [0.05, 0.1) is 5.69 Å². The Morgan fingerprint density at radius 3 is 2.64 bits per heavy atom. The van der Waals surface area contributed by atoms with Crippen molar-refractivity contribution < 1.29 is 13.6 Å². The van der Waals surface area contributed by atoms with E-state index < -0.39 is 6.43 Å². The lowest BCUT2D eigenvalue weighted by Gasteiger charge is -2.36. The van der Waals surface area contributed by atoms with Gasteiger partial charge in [0.2, 0.25) is 5.91 Å². The van der Waals surface area contributed by atoms with Crippen LogP contribution >= 0.6 is 0 Å².